The monoisotopic (exact) mass is 260 g/mol. The van der Waals surface area contributed by atoms with E-state index in [1.54, 1.807) is 0 Å². The number of nitrogens with one attached hydrogen (secondary N) is 1. The Balaban J connectivity index is 1.54. The molecule has 2 aliphatic heterocycles. The third-order valence-corrected chi connectivity index (χ3v) is 3.98. The number of benzene rings is 1. The molecule has 0 radical (unpaired) electrons. The molecule has 1 unspecified atom stereocenters. The molecule has 2 heterocycles. The highest BCUT2D eigenvalue weighted by molar-refractivity contribution is 5.76. The zero-order chi connectivity index (χ0) is 13.1. The van der Waals surface area contributed by atoms with E-state index in [1.807, 2.05) is 4.90 Å². The average molecular weight is 260 g/mol. The predicted octanol–water partition coefficient (Wildman–Crippen LogP) is 1.47. The van der Waals surface area contributed by atoms with Gasteiger partial charge in [-0.05, 0) is 17.5 Å². The first-order valence-electron chi connectivity index (χ1n) is 7.01. The van der Waals surface area contributed by atoms with Crippen LogP contribution in [-0.4, -0.2) is 37.1 Å². The van der Waals surface area contributed by atoms with Crippen LogP contribution in [0.25, 0.3) is 0 Å². The number of ether oxygens (including phenoxy) is 1. The van der Waals surface area contributed by atoms with Gasteiger partial charge in [0.2, 0.25) is 5.91 Å². The van der Waals surface area contributed by atoms with Gasteiger partial charge in [0.1, 0.15) is 0 Å². The van der Waals surface area contributed by atoms with Gasteiger partial charge in [-0.3, -0.25) is 4.79 Å². The summed E-state index contributed by atoms with van der Waals surface area (Å²) in [7, 11) is 0. The lowest BCUT2D eigenvalue weighted by atomic mass is 10.0. The first-order chi connectivity index (χ1) is 9.34. The number of carbonyl (C=O) groups excluding carboxylic acids is 1. The van der Waals surface area contributed by atoms with Crippen molar-refractivity contribution in [2.24, 2.45) is 0 Å². The third-order valence-electron chi connectivity index (χ3n) is 3.98. The van der Waals surface area contributed by atoms with Gasteiger partial charge in [-0.2, -0.15) is 0 Å². The average Bonchev–Trinajstić information content (AvgIpc) is 2.89. The summed E-state index contributed by atoms with van der Waals surface area (Å²) in [6.07, 6.45) is 1.50. The fraction of sp³-hybridized carbons (Fsp3) is 0.533. The Morgan fingerprint density at radius 1 is 1.32 bits per heavy atom. The largest absolute Gasteiger partial charge is 0.378 e. The normalized spacial score (nSPS) is 22.3. The maximum absolute atomic E-state index is 12.1. The van der Waals surface area contributed by atoms with Crippen LogP contribution in [0, 0.1) is 0 Å². The molecule has 1 N–H and O–H groups in total. The van der Waals surface area contributed by atoms with Gasteiger partial charge in [0, 0.05) is 32.1 Å². The van der Waals surface area contributed by atoms with Crippen LogP contribution >= 0.6 is 0 Å². The van der Waals surface area contributed by atoms with E-state index in [1.165, 1.54) is 11.1 Å². The van der Waals surface area contributed by atoms with Crippen LogP contribution in [0.5, 0.6) is 0 Å². The molecule has 0 aromatic heterocycles. The van der Waals surface area contributed by atoms with Gasteiger partial charge in [-0.15, -0.1) is 0 Å². The molecule has 0 aliphatic carbocycles. The molecule has 0 bridgehead atoms. The van der Waals surface area contributed by atoms with Gasteiger partial charge in [0.05, 0.1) is 13.2 Å². The summed E-state index contributed by atoms with van der Waals surface area (Å²) in [4.78, 5) is 14.0. The third kappa shape index (κ3) is 2.80. The molecule has 4 heteroatoms. The SMILES string of the molecule is O=C(CCC1NCc2ccccc21)N1CCOCC1. The summed E-state index contributed by atoms with van der Waals surface area (Å²) in [6.45, 7) is 3.76. The molecule has 1 amide bonds. The first-order valence-corrected chi connectivity index (χ1v) is 7.01. The summed E-state index contributed by atoms with van der Waals surface area (Å²) < 4.78 is 5.27. The Kier molecular flexibility index (Phi) is 3.80. The lowest BCUT2D eigenvalue weighted by Gasteiger charge is -2.27. The van der Waals surface area contributed by atoms with Gasteiger partial charge in [-0.1, -0.05) is 24.3 Å². The molecular formula is C15H20N2O2. The Bertz CT molecular complexity index is 455. The molecule has 1 aromatic rings. The second-order valence-corrected chi connectivity index (χ2v) is 5.16. The zero-order valence-electron chi connectivity index (χ0n) is 11.1. The van der Waals surface area contributed by atoms with E-state index in [2.05, 4.69) is 29.6 Å². The number of hydrogen-bond donors (Lipinski definition) is 1. The molecule has 4 nitrogen and oxygen atoms in total. The number of fused-ring (bicyclic) bond motifs is 1. The van der Waals surface area contributed by atoms with E-state index < -0.39 is 0 Å². The molecule has 19 heavy (non-hydrogen) atoms. The number of hydrogen-bond acceptors (Lipinski definition) is 3. The van der Waals surface area contributed by atoms with E-state index in [9.17, 15) is 4.79 Å². The minimum Gasteiger partial charge on any atom is -0.378 e. The quantitative estimate of drug-likeness (QED) is 0.895. The molecule has 0 spiro atoms. The number of morpholine rings is 1. The van der Waals surface area contributed by atoms with Crippen LogP contribution in [0.15, 0.2) is 24.3 Å². The van der Waals surface area contributed by atoms with Gasteiger partial charge in [-0.25, -0.2) is 0 Å². The first kappa shape index (κ1) is 12.6. The van der Waals surface area contributed by atoms with Crippen LogP contribution in [0.4, 0.5) is 0 Å². The van der Waals surface area contributed by atoms with Gasteiger partial charge < -0.3 is 15.0 Å². The Hall–Kier alpha value is -1.39. The smallest absolute Gasteiger partial charge is 0.222 e. The maximum atomic E-state index is 12.1. The van der Waals surface area contributed by atoms with Crippen LogP contribution in [0.2, 0.25) is 0 Å². The molecule has 1 fully saturated rings. The minimum absolute atomic E-state index is 0.259. The number of carbonyl (C=O) groups is 1. The van der Waals surface area contributed by atoms with Crippen molar-refractivity contribution in [1.82, 2.24) is 10.2 Å². The second-order valence-electron chi connectivity index (χ2n) is 5.16. The highest BCUT2D eigenvalue weighted by Crippen LogP contribution is 2.28. The molecule has 3 rings (SSSR count). The molecule has 2 aliphatic rings. The van der Waals surface area contributed by atoms with Crippen LogP contribution < -0.4 is 5.32 Å². The van der Waals surface area contributed by atoms with Crippen molar-refractivity contribution in [1.29, 1.82) is 0 Å². The van der Waals surface area contributed by atoms with E-state index in [0.29, 0.717) is 25.7 Å². The zero-order valence-corrected chi connectivity index (χ0v) is 11.1. The number of amides is 1. The Morgan fingerprint density at radius 3 is 2.95 bits per heavy atom. The molecule has 102 valence electrons. The van der Waals surface area contributed by atoms with Gasteiger partial charge >= 0.3 is 0 Å². The summed E-state index contributed by atoms with van der Waals surface area (Å²) in [5.74, 6) is 0.259. The highest BCUT2D eigenvalue weighted by atomic mass is 16.5. The maximum Gasteiger partial charge on any atom is 0.222 e. The lowest BCUT2D eigenvalue weighted by molar-refractivity contribution is -0.135. The molecular weight excluding hydrogens is 240 g/mol. The van der Waals surface area contributed by atoms with Crippen LogP contribution in [-0.2, 0) is 16.1 Å². The summed E-state index contributed by atoms with van der Waals surface area (Å²) >= 11 is 0. The summed E-state index contributed by atoms with van der Waals surface area (Å²) in [5.41, 5.74) is 2.73. The topological polar surface area (TPSA) is 41.6 Å². The summed E-state index contributed by atoms with van der Waals surface area (Å²) in [6, 6.07) is 8.80. The summed E-state index contributed by atoms with van der Waals surface area (Å²) in [5, 5.41) is 3.48. The van der Waals surface area contributed by atoms with Crippen molar-refractivity contribution >= 4 is 5.91 Å². The van der Waals surface area contributed by atoms with Gasteiger partial charge in [0.25, 0.3) is 0 Å². The number of rotatable bonds is 3. The van der Waals surface area contributed by atoms with Crippen molar-refractivity contribution in [3.05, 3.63) is 35.4 Å². The predicted molar refractivity (Wildman–Crippen MR) is 72.7 cm³/mol. The molecule has 1 atom stereocenters. The minimum atomic E-state index is 0.259. The van der Waals surface area contributed by atoms with E-state index in [0.717, 1.165) is 26.1 Å². The van der Waals surface area contributed by atoms with Crippen molar-refractivity contribution in [3.8, 4) is 0 Å². The Labute approximate surface area is 113 Å². The fourth-order valence-corrected chi connectivity index (χ4v) is 2.87. The van der Waals surface area contributed by atoms with Crippen molar-refractivity contribution < 1.29 is 9.53 Å². The fourth-order valence-electron chi connectivity index (χ4n) is 2.87. The van der Waals surface area contributed by atoms with E-state index in [-0.39, 0.29) is 5.91 Å². The van der Waals surface area contributed by atoms with Crippen LogP contribution in [0.3, 0.4) is 0 Å². The standard InChI is InChI=1S/C15H20N2O2/c18-15(17-7-9-19-10-8-17)6-5-14-13-4-2-1-3-12(13)11-16-14/h1-4,14,16H,5-11H2. The van der Waals surface area contributed by atoms with E-state index >= 15 is 0 Å². The van der Waals surface area contributed by atoms with Crippen molar-refractivity contribution in [2.45, 2.75) is 25.4 Å². The van der Waals surface area contributed by atoms with Crippen molar-refractivity contribution in [3.63, 3.8) is 0 Å². The van der Waals surface area contributed by atoms with Crippen molar-refractivity contribution in [2.75, 3.05) is 26.3 Å². The molecule has 1 saturated heterocycles. The number of nitrogens with zero attached hydrogens (tertiary/aromatic N) is 1. The Morgan fingerprint density at radius 2 is 2.11 bits per heavy atom. The second kappa shape index (κ2) is 5.72. The molecule has 0 saturated carbocycles. The van der Waals surface area contributed by atoms with Crippen LogP contribution in [0.1, 0.15) is 30.0 Å². The van der Waals surface area contributed by atoms with Gasteiger partial charge in [0.15, 0.2) is 0 Å². The lowest BCUT2D eigenvalue weighted by Crippen LogP contribution is -2.40. The molecule has 1 aromatic carbocycles. The highest BCUT2D eigenvalue weighted by Gasteiger charge is 2.23. The van der Waals surface area contributed by atoms with E-state index in [4.69, 9.17) is 4.74 Å².